The minimum absolute atomic E-state index is 0.167. The summed E-state index contributed by atoms with van der Waals surface area (Å²) in [6.45, 7) is 6.23. The monoisotopic (exact) mass is 498 g/mol. The Labute approximate surface area is 205 Å². The Bertz CT molecular complexity index is 1220. The molecule has 180 valence electrons. The standard InChI is InChI=1S/C25H30N4O3S2/c1-17(2)19-10-12-29(23(14-19)18-6-4-3-5-7-18)22-11-13-32-24-15-20(8-9-21(22)24)34(30,31)28-25-26-16-27-33-25/h3-9,15-17,19,22-23H,10-14H2,1-2H3,(H,26,27,28)/t19?,22-,23+/m0/s1. The first-order chi connectivity index (χ1) is 16.4. The van der Waals surface area contributed by atoms with E-state index in [9.17, 15) is 8.42 Å². The molecule has 3 aromatic rings. The molecule has 3 heterocycles. The molecular weight excluding hydrogens is 468 g/mol. The Kier molecular flexibility index (Phi) is 6.59. The van der Waals surface area contributed by atoms with Crippen molar-refractivity contribution in [3.63, 3.8) is 0 Å². The van der Waals surface area contributed by atoms with Gasteiger partial charge in [-0.3, -0.25) is 9.62 Å². The van der Waals surface area contributed by atoms with Crippen LogP contribution in [0.15, 0.2) is 59.8 Å². The number of aromatic nitrogens is 2. The Balaban J connectivity index is 1.45. The largest absolute Gasteiger partial charge is 0.493 e. The van der Waals surface area contributed by atoms with Gasteiger partial charge in [0.1, 0.15) is 12.1 Å². The van der Waals surface area contributed by atoms with Crippen LogP contribution in [0.2, 0.25) is 0 Å². The lowest BCUT2D eigenvalue weighted by molar-refractivity contribution is 0.0346. The van der Waals surface area contributed by atoms with E-state index in [0.717, 1.165) is 36.5 Å². The van der Waals surface area contributed by atoms with Gasteiger partial charge in [0.2, 0.25) is 5.13 Å². The topological polar surface area (TPSA) is 84.4 Å². The summed E-state index contributed by atoms with van der Waals surface area (Å²) in [7, 11) is -3.77. The molecule has 9 heteroatoms. The maximum atomic E-state index is 12.9. The number of fused-ring (bicyclic) bond motifs is 1. The molecule has 1 unspecified atom stereocenters. The van der Waals surface area contributed by atoms with E-state index in [2.05, 4.69) is 63.2 Å². The predicted molar refractivity (Wildman–Crippen MR) is 133 cm³/mol. The van der Waals surface area contributed by atoms with Crippen LogP contribution in [-0.4, -0.2) is 35.8 Å². The van der Waals surface area contributed by atoms with Crippen LogP contribution in [0.4, 0.5) is 5.13 Å². The summed E-state index contributed by atoms with van der Waals surface area (Å²) in [5.74, 6) is 2.00. The van der Waals surface area contributed by atoms with Crippen molar-refractivity contribution in [2.75, 3.05) is 17.9 Å². The molecule has 2 aromatic carbocycles. The fourth-order valence-electron chi connectivity index (χ4n) is 5.25. The second kappa shape index (κ2) is 9.64. The Morgan fingerprint density at radius 2 is 1.94 bits per heavy atom. The highest BCUT2D eigenvalue weighted by molar-refractivity contribution is 7.93. The van der Waals surface area contributed by atoms with Crippen molar-refractivity contribution in [3.8, 4) is 5.75 Å². The average Bonchev–Trinajstić information content (AvgIpc) is 3.36. The first-order valence-corrected chi connectivity index (χ1v) is 14.0. The van der Waals surface area contributed by atoms with Crippen molar-refractivity contribution in [3.05, 3.63) is 66.0 Å². The van der Waals surface area contributed by atoms with Gasteiger partial charge in [0, 0.05) is 41.7 Å². The van der Waals surface area contributed by atoms with Crippen LogP contribution < -0.4 is 9.46 Å². The third kappa shape index (κ3) is 4.69. The van der Waals surface area contributed by atoms with Crippen LogP contribution >= 0.6 is 11.5 Å². The molecular formula is C25H30N4O3S2. The van der Waals surface area contributed by atoms with Gasteiger partial charge in [0.25, 0.3) is 10.0 Å². The molecule has 1 saturated heterocycles. The predicted octanol–water partition coefficient (Wildman–Crippen LogP) is 5.27. The summed E-state index contributed by atoms with van der Waals surface area (Å²) in [6.07, 6.45) is 4.52. The van der Waals surface area contributed by atoms with Gasteiger partial charge in [0.15, 0.2) is 0 Å². The van der Waals surface area contributed by atoms with Crippen LogP contribution in [0.1, 0.15) is 56.3 Å². The molecule has 7 nitrogen and oxygen atoms in total. The molecule has 1 aromatic heterocycles. The van der Waals surface area contributed by atoms with Gasteiger partial charge in [-0.25, -0.2) is 13.4 Å². The van der Waals surface area contributed by atoms with Crippen LogP contribution in [0.25, 0.3) is 0 Å². The lowest BCUT2D eigenvalue weighted by Crippen LogP contribution is -2.42. The van der Waals surface area contributed by atoms with E-state index >= 15 is 0 Å². The van der Waals surface area contributed by atoms with Crippen molar-refractivity contribution in [1.29, 1.82) is 0 Å². The Hall–Kier alpha value is -2.49. The van der Waals surface area contributed by atoms with Crippen molar-refractivity contribution in [2.45, 2.75) is 50.1 Å². The van der Waals surface area contributed by atoms with Gasteiger partial charge in [-0.2, -0.15) is 4.37 Å². The van der Waals surface area contributed by atoms with Gasteiger partial charge >= 0.3 is 0 Å². The van der Waals surface area contributed by atoms with E-state index in [4.69, 9.17) is 4.74 Å². The lowest BCUT2D eigenvalue weighted by Gasteiger charge is -2.46. The molecule has 5 rings (SSSR count). The van der Waals surface area contributed by atoms with E-state index in [1.165, 1.54) is 18.3 Å². The second-order valence-corrected chi connectivity index (χ2v) is 11.9. The normalized spacial score (nSPS) is 23.3. The van der Waals surface area contributed by atoms with Gasteiger partial charge in [-0.15, -0.1) is 0 Å². The number of sulfonamides is 1. The number of hydrogen-bond donors (Lipinski definition) is 1. The molecule has 2 aliphatic rings. The van der Waals surface area contributed by atoms with Gasteiger partial charge < -0.3 is 4.74 Å². The molecule has 0 amide bonds. The molecule has 1 N–H and O–H groups in total. The van der Waals surface area contributed by atoms with E-state index in [-0.39, 0.29) is 16.1 Å². The molecule has 0 radical (unpaired) electrons. The fourth-order valence-corrected chi connectivity index (χ4v) is 6.92. The molecule has 2 aliphatic heterocycles. The maximum absolute atomic E-state index is 12.9. The third-order valence-corrected chi connectivity index (χ3v) is 9.14. The van der Waals surface area contributed by atoms with Crippen molar-refractivity contribution in [2.24, 2.45) is 11.8 Å². The molecule has 0 saturated carbocycles. The molecule has 3 atom stereocenters. The smallest absolute Gasteiger partial charge is 0.263 e. The SMILES string of the molecule is CC(C)C1CCN([C@H]2CCOc3cc(S(=O)(=O)Nc4ncns4)ccc32)[C@@H](c2ccccc2)C1. The van der Waals surface area contributed by atoms with Crippen LogP contribution in [0, 0.1) is 11.8 Å². The Morgan fingerprint density at radius 3 is 2.68 bits per heavy atom. The molecule has 0 bridgehead atoms. The first kappa shape index (κ1) is 23.3. The first-order valence-electron chi connectivity index (χ1n) is 11.8. The zero-order valence-electron chi connectivity index (χ0n) is 19.4. The molecule has 0 aliphatic carbocycles. The maximum Gasteiger partial charge on any atom is 0.263 e. The minimum atomic E-state index is -3.77. The summed E-state index contributed by atoms with van der Waals surface area (Å²) in [5, 5.41) is 0.246. The number of hydrogen-bond acceptors (Lipinski definition) is 7. The molecule has 0 spiro atoms. The van der Waals surface area contributed by atoms with Crippen LogP contribution in [0.5, 0.6) is 5.75 Å². The van der Waals surface area contributed by atoms with Crippen molar-refractivity contribution < 1.29 is 13.2 Å². The molecule has 34 heavy (non-hydrogen) atoms. The zero-order chi connectivity index (χ0) is 23.7. The lowest BCUT2D eigenvalue weighted by atomic mass is 9.79. The van der Waals surface area contributed by atoms with E-state index in [1.807, 2.05) is 6.07 Å². The summed E-state index contributed by atoms with van der Waals surface area (Å²) >= 11 is 1.00. The van der Waals surface area contributed by atoms with Crippen LogP contribution in [0.3, 0.4) is 0 Å². The quantitative estimate of drug-likeness (QED) is 0.498. The Morgan fingerprint density at radius 1 is 1.12 bits per heavy atom. The van der Waals surface area contributed by atoms with Gasteiger partial charge in [-0.1, -0.05) is 50.2 Å². The van der Waals surface area contributed by atoms with E-state index in [0.29, 0.717) is 30.2 Å². The van der Waals surface area contributed by atoms with Crippen molar-refractivity contribution >= 4 is 26.7 Å². The highest BCUT2D eigenvalue weighted by Gasteiger charge is 2.38. The fraction of sp³-hybridized carbons (Fsp3) is 0.440. The third-order valence-electron chi connectivity index (χ3n) is 7.10. The van der Waals surface area contributed by atoms with E-state index in [1.54, 1.807) is 12.1 Å². The second-order valence-electron chi connectivity index (χ2n) is 9.40. The number of ether oxygens (including phenoxy) is 1. The summed E-state index contributed by atoms with van der Waals surface area (Å²) in [4.78, 5) is 6.70. The highest BCUT2D eigenvalue weighted by atomic mass is 32.2. The number of nitrogens with zero attached hydrogens (tertiary/aromatic N) is 3. The minimum Gasteiger partial charge on any atom is -0.493 e. The number of likely N-dealkylation sites (tertiary alicyclic amines) is 1. The summed E-state index contributed by atoms with van der Waals surface area (Å²) in [6, 6.07) is 16.5. The summed E-state index contributed by atoms with van der Waals surface area (Å²) < 4.78 is 38.1. The summed E-state index contributed by atoms with van der Waals surface area (Å²) in [5.41, 5.74) is 2.41. The average molecular weight is 499 g/mol. The number of benzene rings is 2. The molecule has 1 fully saturated rings. The number of piperidine rings is 1. The zero-order valence-corrected chi connectivity index (χ0v) is 21.1. The van der Waals surface area contributed by atoms with Crippen molar-refractivity contribution in [1.82, 2.24) is 14.3 Å². The van der Waals surface area contributed by atoms with E-state index < -0.39 is 10.0 Å². The number of nitrogens with one attached hydrogen (secondary N) is 1. The van der Waals surface area contributed by atoms with Crippen LogP contribution in [-0.2, 0) is 10.0 Å². The highest BCUT2D eigenvalue weighted by Crippen LogP contribution is 2.46. The number of anilines is 1. The number of rotatable bonds is 6. The van der Waals surface area contributed by atoms with Gasteiger partial charge in [0.05, 0.1) is 11.5 Å². The van der Waals surface area contributed by atoms with Gasteiger partial charge in [-0.05, 0) is 42.9 Å².